The third-order valence-electron chi connectivity index (χ3n) is 2.74. The molecule has 0 atom stereocenters. The molecule has 0 heterocycles. The second kappa shape index (κ2) is 6.60. The van der Waals surface area contributed by atoms with E-state index in [9.17, 15) is 10.1 Å². The zero-order valence-electron chi connectivity index (χ0n) is 11.6. The zero-order valence-corrected chi connectivity index (χ0v) is 11.6. The highest BCUT2D eigenvalue weighted by Gasteiger charge is 2.16. The zero-order chi connectivity index (χ0) is 15.2. The average Bonchev–Trinajstić information content (AvgIpc) is 2.47. The summed E-state index contributed by atoms with van der Waals surface area (Å²) in [6.07, 6.45) is 0.758. The van der Waals surface area contributed by atoms with Crippen LogP contribution in [0.4, 0.5) is 11.4 Å². The van der Waals surface area contributed by atoms with Gasteiger partial charge in [-0.3, -0.25) is 10.1 Å². The maximum atomic E-state index is 11.0. The minimum Gasteiger partial charge on any atom is -0.487 e. The van der Waals surface area contributed by atoms with Gasteiger partial charge in [-0.15, -0.1) is 0 Å². The lowest BCUT2D eigenvalue weighted by atomic mass is 10.2. The van der Waals surface area contributed by atoms with Crippen LogP contribution in [0.2, 0.25) is 0 Å². The lowest BCUT2D eigenvalue weighted by Gasteiger charge is -2.10. The highest BCUT2D eigenvalue weighted by molar-refractivity contribution is 5.56. The SMILES string of the molecule is CCCOc1cc(Oc2ccccc2N)ccc1[N+](=O)[O-]. The Morgan fingerprint density at radius 2 is 1.95 bits per heavy atom. The van der Waals surface area contributed by atoms with E-state index in [2.05, 4.69) is 0 Å². The molecule has 2 aromatic rings. The van der Waals surface area contributed by atoms with Crippen LogP contribution in [0, 0.1) is 10.1 Å². The Labute approximate surface area is 122 Å². The molecule has 0 aliphatic carbocycles. The summed E-state index contributed by atoms with van der Waals surface area (Å²) in [6, 6.07) is 11.4. The van der Waals surface area contributed by atoms with Crippen molar-refractivity contribution in [3.8, 4) is 17.2 Å². The van der Waals surface area contributed by atoms with Gasteiger partial charge in [-0.2, -0.15) is 0 Å². The fourth-order valence-corrected chi connectivity index (χ4v) is 1.74. The maximum absolute atomic E-state index is 11.0. The summed E-state index contributed by atoms with van der Waals surface area (Å²) in [6.45, 7) is 2.33. The van der Waals surface area contributed by atoms with Crippen LogP contribution in [-0.4, -0.2) is 11.5 Å². The maximum Gasteiger partial charge on any atom is 0.311 e. The van der Waals surface area contributed by atoms with E-state index in [1.807, 2.05) is 6.92 Å². The first-order valence-corrected chi connectivity index (χ1v) is 6.55. The van der Waals surface area contributed by atoms with Gasteiger partial charge in [0.25, 0.3) is 0 Å². The summed E-state index contributed by atoms with van der Waals surface area (Å²) in [5.74, 6) is 1.12. The van der Waals surface area contributed by atoms with Crippen molar-refractivity contribution in [3.63, 3.8) is 0 Å². The minimum absolute atomic E-state index is 0.0863. The highest BCUT2D eigenvalue weighted by Crippen LogP contribution is 2.34. The summed E-state index contributed by atoms with van der Waals surface area (Å²) < 4.78 is 11.0. The molecule has 0 amide bonds. The minimum atomic E-state index is -0.481. The Hall–Kier alpha value is -2.76. The molecule has 2 rings (SSSR count). The van der Waals surface area contributed by atoms with Gasteiger partial charge in [-0.25, -0.2) is 0 Å². The molecule has 0 saturated carbocycles. The second-order valence-electron chi connectivity index (χ2n) is 4.37. The molecule has 6 heteroatoms. The molecule has 0 radical (unpaired) electrons. The van der Waals surface area contributed by atoms with Crippen molar-refractivity contribution in [3.05, 3.63) is 52.6 Å². The van der Waals surface area contributed by atoms with E-state index in [0.29, 0.717) is 23.8 Å². The first-order valence-electron chi connectivity index (χ1n) is 6.55. The van der Waals surface area contributed by atoms with E-state index in [-0.39, 0.29) is 11.4 Å². The smallest absolute Gasteiger partial charge is 0.311 e. The van der Waals surface area contributed by atoms with E-state index in [1.165, 1.54) is 18.2 Å². The molecule has 110 valence electrons. The monoisotopic (exact) mass is 288 g/mol. The predicted molar refractivity (Wildman–Crippen MR) is 79.8 cm³/mol. The van der Waals surface area contributed by atoms with E-state index in [1.54, 1.807) is 24.3 Å². The standard InChI is InChI=1S/C15H16N2O4/c1-2-9-20-15-10-11(7-8-13(15)17(18)19)21-14-6-4-3-5-12(14)16/h3-8,10H,2,9,16H2,1H3. The molecule has 0 fully saturated rings. The van der Waals surface area contributed by atoms with Crippen molar-refractivity contribution in [1.29, 1.82) is 0 Å². The number of nitrogen functional groups attached to an aromatic ring is 1. The van der Waals surface area contributed by atoms with Crippen LogP contribution in [0.15, 0.2) is 42.5 Å². The molecule has 2 N–H and O–H groups in total. The van der Waals surface area contributed by atoms with Crippen LogP contribution in [-0.2, 0) is 0 Å². The van der Waals surface area contributed by atoms with Gasteiger partial charge in [0.1, 0.15) is 11.5 Å². The van der Waals surface area contributed by atoms with Gasteiger partial charge >= 0.3 is 5.69 Å². The number of nitrogens with two attached hydrogens (primary N) is 1. The van der Waals surface area contributed by atoms with Crippen molar-refractivity contribution in [2.24, 2.45) is 0 Å². The fraction of sp³-hybridized carbons (Fsp3) is 0.200. The molecule has 2 aromatic carbocycles. The van der Waals surface area contributed by atoms with Crippen molar-refractivity contribution in [2.75, 3.05) is 12.3 Å². The second-order valence-corrected chi connectivity index (χ2v) is 4.37. The molecule has 0 aromatic heterocycles. The highest BCUT2D eigenvalue weighted by atomic mass is 16.6. The number of nitrogens with zero attached hydrogens (tertiary/aromatic N) is 1. The van der Waals surface area contributed by atoms with Crippen molar-refractivity contribution in [2.45, 2.75) is 13.3 Å². The summed E-state index contributed by atoms with van der Waals surface area (Å²) >= 11 is 0. The number of hydrogen-bond acceptors (Lipinski definition) is 5. The molecule has 0 bridgehead atoms. The summed E-state index contributed by atoms with van der Waals surface area (Å²) in [7, 11) is 0. The van der Waals surface area contributed by atoms with Gasteiger partial charge in [0.15, 0.2) is 0 Å². The number of rotatable bonds is 6. The number of nitro benzene ring substituents is 1. The molecular formula is C15H16N2O4. The summed E-state index contributed by atoms with van der Waals surface area (Å²) in [5.41, 5.74) is 6.21. The van der Waals surface area contributed by atoms with Crippen LogP contribution < -0.4 is 15.2 Å². The fourth-order valence-electron chi connectivity index (χ4n) is 1.74. The van der Waals surface area contributed by atoms with Crippen molar-refractivity contribution < 1.29 is 14.4 Å². The van der Waals surface area contributed by atoms with Gasteiger partial charge in [0.05, 0.1) is 17.2 Å². The Morgan fingerprint density at radius 1 is 1.19 bits per heavy atom. The van der Waals surface area contributed by atoms with Crippen LogP contribution in [0.25, 0.3) is 0 Å². The third kappa shape index (κ3) is 3.62. The number of anilines is 1. The number of hydrogen-bond donors (Lipinski definition) is 1. The van der Waals surface area contributed by atoms with E-state index in [0.717, 1.165) is 6.42 Å². The Kier molecular flexibility index (Phi) is 4.61. The van der Waals surface area contributed by atoms with Crippen LogP contribution in [0.3, 0.4) is 0 Å². The van der Waals surface area contributed by atoms with Crippen molar-refractivity contribution >= 4 is 11.4 Å². The lowest BCUT2D eigenvalue weighted by molar-refractivity contribution is -0.385. The van der Waals surface area contributed by atoms with Gasteiger partial charge < -0.3 is 15.2 Å². The van der Waals surface area contributed by atoms with Gasteiger partial charge in [0, 0.05) is 12.1 Å². The summed E-state index contributed by atoms with van der Waals surface area (Å²) in [5, 5.41) is 11.0. The molecule has 0 aliphatic rings. The lowest BCUT2D eigenvalue weighted by Crippen LogP contribution is -2.00. The normalized spacial score (nSPS) is 10.1. The van der Waals surface area contributed by atoms with Crippen LogP contribution >= 0.6 is 0 Å². The van der Waals surface area contributed by atoms with Gasteiger partial charge in [0.2, 0.25) is 5.75 Å². The molecule has 21 heavy (non-hydrogen) atoms. The predicted octanol–water partition coefficient (Wildman–Crippen LogP) is 3.76. The molecule has 0 saturated heterocycles. The topological polar surface area (TPSA) is 87.6 Å². The molecular weight excluding hydrogens is 272 g/mol. The number of para-hydroxylation sites is 2. The van der Waals surface area contributed by atoms with Crippen LogP contribution in [0.1, 0.15) is 13.3 Å². The molecule has 0 spiro atoms. The Morgan fingerprint density at radius 3 is 2.62 bits per heavy atom. The van der Waals surface area contributed by atoms with E-state index < -0.39 is 4.92 Å². The molecule has 0 aliphatic heterocycles. The first-order chi connectivity index (χ1) is 10.1. The van der Waals surface area contributed by atoms with E-state index in [4.69, 9.17) is 15.2 Å². The summed E-state index contributed by atoms with van der Waals surface area (Å²) in [4.78, 5) is 10.5. The van der Waals surface area contributed by atoms with Crippen molar-refractivity contribution in [1.82, 2.24) is 0 Å². The van der Waals surface area contributed by atoms with Crippen LogP contribution in [0.5, 0.6) is 17.2 Å². The number of ether oxygens (including phenoxy) is 2. The number of nitro groups is 1. The first kappa shape index (κ1) is 14.6. The quantitative estimate of drug-likeness (QED) is 0.496. The van der Waals surface area contributed by atoms with E-state index >= 15 is 0 Å². The van der Waals surface area contributed by atoms with Gasteiger partial charge in [-0.1, -0.05) is 19.1 Å². The molecule has 0 unspecified atom stereocenters. The largest absolute Gasteiger partial charge is 0.487 e. The van der Waals surface area contributed by atoms with Gasteiger partial charge in [-0.05, 0) is 24.6 Å². The average molecular weight is 288 g/mol. The molecule has 6 nitrogen and oxygen atoms in total. The third-order valence-corrected chi connectivity index (χ3v) is 2.74. The number of benzene rings is 2. The Bertz CT molecular complexity index is 643. The Balaban J connectivity index is 2.28.